The molecule has 10 heteroatoms. The Balaban J connectivity index is 1.71. The number of carbonyl (C=O) groups is 2. The minimum absolute atomic E-state index is 0.0706. The number of amides is 1. The Morgan fingerprint density at radius 3 is 2.32 bits per heavy atom. The summed E-state index contributed by atoms with van der Waals surface area (Å²) in [5, 5.41) is 12.4. The zero-order chi connectivity index (χ0) is 34.1. The summed E-state index contributed by atoms with van der Waals surface area (Å²) in [6.45, 7) is 6.69. The van der Waals surface area contributed by atoms with Gasteiger partial charge in [-0.2, -0.15) is 0 Å². The molecule has 0 bridgehead atoms. The molecule has 2 aliphatic rings. The Bertz CT molecular complexity index is 1610. The molecular formula is C37H43Cl2F2N3O3. The van der Waals surface area contributed by atoms with Crippen molar-refractivity contribution in [1.29, 1.82) is 0 Å². The summed E-state index contributed by atoms with van der Waals surface area (Å²) < 4.78 is 32.4. The highest BCUT2D eigenvalue weighted by molar-refractivity contribution is 6.31. The molecule has 1 aliphatic heterocycles. The van der Waals surface area contributed by atoms with Crippen molar-refractivity contribution in [3.05, 3.63) is 99.0 Å². The first kappa shape index (κ1) is 35.3. The SMILES string of the molecule is CC(C)(C)CC1N(CCC2CCCCC2)C(C(=O)Nc2ccc(C(=O)O)cc2)C(c2cccc(Cl)c2F)C1(N)c1ccc(Cl)cc1F. The molecule has 0 aromatic heterocycles. The van der Waals surface area contributed by atoms with Crippen LogP contribution in [-0.2, 0) is 10.3 Å². The maximum Gasteiger partial charge on any atom is 0.335 e. The summed E-state index contributed by atoms with van der Waals surface area (Å²) in [5.41, 5.74) is 6.38. The summed E-state index contributed by atoms with van der Waals surface area (Å²) in [4.78, 5) is 28.2. The van der Waals surface area contributed by atoms with E-state index < -0.39 is 47.1 Å². The maximum atomic E-state index is 16.2. The third-order valence-corrected chi connectivity index (χ3v) is 10.4. The molecule has 4 unspecified atom stereocenters. The van der Waals surface area contributed by atoms with Gasteiger partial charge < -0.3 is 16.2 Å². The van der Waals surface area contributed by atoms with Crippen LogP contribution in [0.3, 0.4) is 0 Å². The van der Waals surface area contributed by atoms with Gasteiger partial charge in [0, 0.05) is 28.2 Å². The van der Waals surface area contributed by atoms with Crippen LogP contribution in [0.25, 0.3) is 0 Å². The number of carboxylic acids is 1. The molecule has 0 radical (unpaired) electrons. The van der Waals surface area contributed by atoms with E-state index in [-0.39, 0.29) is 32.2 Å². The highest BCUT2D eigenvalue weighted by Crippen LogP contribution is 2.54. The third kappa shape index (κ3) is 7.51. The Morgan fingerprint density at radius 1 is 1.02 bits per heavy atom. The minimum atomic E-state index is -1.59. The van der Waals surface area contributed by atoms with Crippen LogP contribution in [0.4, 0.5) is 14.5 Å². The van der Waals surface area contributed by atoms with Crippen molar-refractivity contribution in [2.24, 2.45) is 17.1 Å². The van der Waals surface area contributed by atoms with Crippen molar-refractivity contribution in [3.63, 3.8) is 0 Å². The number of carbonyl (C=O) groups excluding carboxylic acids is 1. The van der Waals surface area contributed by atoms with Crippen molar-refractivity contribution < 1.29 is 23.5 Å². The molecule has 5 rings (SSSR count). The fraction of sp³-hybridized carbons (Fsp3) is 0.459. The van der Waals surface area contributed by atoms with Gasteiger partial charge in [-0.1, -0.05) is 94.3 Å². The van der Waals surface area contributed by atoms with Crippen molar-refractivity contribution in [2.45, 2.75) is 89.3 Å². The number of nitrogens with zero attached hydrogens (tertiary/aromatic N) is 1. The third-order valence-electron chi connectivity index (χ3n) is 9.85. The lowest BCUT2D eigenvalue weighted by atomic mass is 9.68. The molecule has 47 heavy (non-hydrogen) atoms. The van der Waals surface area contributed by atoms with Gasteiger partial charge in [-0.25, -0.2) is 13.6 Å². The fourth-order valence-electron chi connectivity index (χ4n) is 7.69. The molecular weight excluding hydrogens is 643 g/mol. The van der Waals surface area contributed by atoms with Crippen LogP contribution in [0.5, 0.6) is 0 Å². The molecule has 1 amide bonds. The Labute approximate surface area is 285 Å². The second-order valence-electron chi connectivity index (χ2n) is 14.3. The van der Waals surface area contributed by atoms with Crippen LogP contribution >= 0.6 is 23.2 Å². The molecule has 3 aromatic carbocycles. The monoisotopic (exact) mass is 685 g/mol. The number of aromatic carboxylic acids is 1. The van der Waals surface area contributed by atoms with Crippen LogP contribution in [0.2, 0.25) is 10.0 Å². The van der Waals surface area contributed by atoms with Crippen LogP contribution in [-0.4, -0.2) is 40.5 Å². The minimum Gasteiger partial charge on any atom is -0.478 e. The number of benzene rings is 3. The highest BCUT2D eigenvalue weighted by Gasteiger charge is 2.62. The summed E-state index contributed by atoms with van der Waals surface area (Å²) in [6.07, 6.45) is 6.98. The van der Waals surface area contributed by atoms with E-state index in [0.717, 1.165) is 32.1 Å². The average molecular weight is 687 g/mol. The first-order valence-electron chi connectivity index (χ1n) is 16.3. The Kier molecular flexibility index (Phi) is 10.7. The molecule has 4 N–H and O–H groups in total. The fourth-order valence-corrected chi connectivity index (χ4v) is 8.03. The lowest BCUT2D eigenvalue weighted by molar-refractivity contribution is -0.121. The molecule has 4 atom stereocenters. The molecule has 3 aromatic rings. The zero-order valence-corrected chi connectivity index (χ0v) is 28.6. The van der Waals surface area contributed by atoms with Gasteiger partial charge in [-0.15, -0.1) is 0 Å². The summed E-state index contributed by atoms with van der Waals surface area (Å²) in [5.74, 6) is -3.49. The number of anilines is 1. The van der Waals surface area contributed by atoms with E-state index in [0.29, 0.717) is 24.6 Å². The standard InChI is InChI=1S/C37H43Cl2F2N3O3/c1-36(2,3)21-30-37(42,27-17-14-24(38)20-29(27)40)31(26-10-7-11-28(39)32(26)41)33(44(30)19-18-22-8-5-4-6-9-22)34(45)43-25-15-12-23(13-16-25)35(46)47/h7,10-17,20,22,30-31,33H,4-6,8-9,18-19,21,42H2,1-3H3,(H,43,45)(H,46,47). The van der Waals surface area contributed by atoms with Crippen LogP contribution < -0.4 is 11.1 Å². The molecule has 252 valence electrons. The maximum absolute atomic E-state index is 16.2. The van der Waals surface area contributed by atoms with Gasteiger partial charge in [0.1, 0.15) is 11.6 Å². The van der Waals surface area contributed by atoms with E-state index >= 15 is 8.78 Å². The van der Waals surface area contributed by atoms with Gasteiger partial charge in [0.2, 0.25) is 5.91 Å². The molecule has 1 aliphatic carbocycles. The predicted molar refractivity (Wildman–Crippen MR) is 183 cm³/mol. The highest BCUT2D eigenvalue weighted by atomic mass is 35.5. The summed E-state index contributed by atoms with van der Waals surface area (Å²) in [7, 11) is 0. The largest absolute Gasteiger partial charge is 0.478 e. The van der Waals surface area contributed by atoms with Gasteiger partial charge >= 0.3 is 5.97 Å². The quantitative estimate of drug-likeness (QED) is 0.209. The molecule has 1 heterocycles. The number of hydrogen-bond donors (Lipinski definition) is 3. The van der Waals surface area contributed by atoms with Crippen LogP contribution in [0.15, 0.2) is 60.7 Å². The van der Waals surface area contributed by atoms with Gasteiger partial charge in [0.15, 0.2) is 0 Å². The Morgan fingerprint density at radius 2 is 1.70 bits per heavy atom. The lowest BCUT2D eigenvalue weighted by Gasteiger charge is -2.41. The smallest absolute Gasteiger partial charge is 0.335 e. The Hall–Kier alpha value is -3.04. The van der Waals surface area contributed by atoms with Gasteiger partial charge in [-0.3, -0.25) is 9.69 Å². The van der Waals surface area contributed by atoms with Gasteiger partial charge in [0.05, 0.1) is 22.2 Å². The topological polar surface area (TPSA) is 95.7 Å². The van der Waals surface area contributed by atoms with Crippen molar-refractivity contribution in [1.82, 2.24) is 4.90 Å². The lowest BCUT2D eigenvalue weighted by Crippen LogP contribution is -2.53. The second-order valence-corrected chi connectivity index (χ2v) is 15.1. The van der Waals surface area contributed by atoms with Crippen LogP contribution in [0.1, 0.15) is 93.1 Å². The van der Waals surface area contributed by atoms with E-state index in [1.165, 1.54) is 42.8 Å². The first-order valence-corrected chi connectivity index (χ1v) is 17.0. The summed E-state index contributed by atoms with van der Waals surface area (Å²) in [6, 6.07) is 13.2. The number of rotatable bonds is 9. The number of halogens is 4. The van der Waals surface area contributed by atoms with E-state index in [4.69, 9.17) is 28.9 Å². The average Bonchev–Trinajstić information content (AvgIpc) is 3.24. The van der Waals surface area contributed by atoms with Crippen molar-refractivity contribution >= 4 is 40.8 Å². The molecule has 1 saturated carbocycles. The summed E-state index contributed by atoms with van der Waals surface area (Å²) >= 11 is 12.6. The van der Waals surface area contributed by atoms with E-state index in [1.807, 2.05) is 0 Å². The number of carboxylic acid groups (broad SMARTS) is 1. The number of likely N-dealkylation sites (tertiary alicyclic amines) is 1. The van der Waals surface area contributed by atoms with Gasteiger partial charge in [0.25, 0.3) is 0 Å². The second kappa shape index (κ2) is 14.2. The molecule has 2 fully saturated rings. The van der Waals surface area contributed by atoms with E-state index in [1.54, 1.807) is 24.3 Å². The van der Waals surface area contributed by atoms with Crippen molar-refractivity contribution in [3.8, 4) is 0 Å². The van der Waals surface area contributed by atoms with E-state index in [2.05, 4.69) is 31.0 Å². The molecule has 6 nitrogen and oxygen atoms in total. The number of hydrogen-bond acceptors (Lipinski definition) is 4. The van der Waals surface area contributed by atoms with Crippen molar-refractivity contribution in [2.75, 3.05) is 11.9 Å². The van der Waals surface area contributed by atoms with Crippen LogP contribution in [0, 0.1) is 23.0 Å². The van der Waals surface area contributed by atoms with E-state index in [9.17, 15) is 14.7 Å². The molecule has 0 spiro atoms. The predicted octanol–water partition coefficient (Wildman–Crippen LogP) is 9.01. The number of nitrogens with two attached hydrogens (primary N) is 1. The number of nitrogens with one attached hydrogen (secondary N) is 1. The zero-order valence-electron chi connectivity index (χ0n) is 27.0. The van der Waals surface area contributed by atoms with Gasteiger partial charge in [-0.05, 0) is 78.7 Å². The first-order chi connectivity index (χ1) is 22.2. The normalized spacial score (nSPS) is 24.0. The molecule has 1 saturated heterocycles.